The SMILES string of the molecule is COC(=O)/C=C/c1ccc(CN2C[C@@H](C)N(C(=O)Cc3ccccc3)[C@@H](C)C2)cc1. The van der Waals surface area contributed by atoms with Crippen LogP contribution in [0.1, 0.15) is 30.5 Å². The summed E-state index contributed by atoms with van der Waals surface area (Å²) in [6, 6.07) is 18.5. The number of ether oxygens (including phenoxy) is 1. The maximum atomic E-state index is 12.9. The van der Waals surface area contributed by atoms with E-state index in [1.165, 1.54) is 18.7 Å². The van der Waals surface area contributed by atoms with E-state index >= 15 is 0 Å². The van der Waals surface area contributed by atoms with Crippen LogP contribution in [-0.4, -0.2) is 54.0 Å². The monoisotopic (exact) mass is 406 g/mol. The average Bonchev–Trinajstić information content (AvgIpc) is 2.73. The fourth-order valence-electron chi connectivity index (χ4n) is 4.14. The highest BCUT2D eigenvalue weighted by Gasteiger charge is 2.32. The third-order valence-corrected chi connectivity index (χ3v) is 5.48. The van der Waals surface area contributed by atoms with Crippen molar-refractivity contribution in [3.63, 3.8) is 0 Å². The van der Waals surface area contributed by atoms with Gasteiger partial charge in [0.1, 0.15) is 0 Å². The number of hydrogen-bond donors (Lipinski definition) is 0. The molecule has 3 rings (SSSR count). The Morgan fingerprint density at radius 3 is 2.20 bits per heavy atom. The summed E-state index contributed by atoms with van der Waals surface area (Å²) in [7, 11) is 1.37. The molecular formula is C25H30N2O3. The first-order valence-electron chi connectivity index (χ1n) is 10.4. The van der Waals surface area contributed by atoms with Crippen LogP contribution in [0.15, 0.2) is 60.7 Å². The van der Waals surface area contributed by atoms with Gasteiger partial charge in [0.15, 0.2) is 0 Å². The van der Waals surface area contributed by atoms with Gasteiger partial charge in [0.2, 0.25) is 5.91 Å². The van der Waals surface area contributed by atoms with Crippen molar-refractivity contribution in [3.8, 4) is 0 Å². The molecule has 0 saturated carbocycles. The van der Waals surface area contributed by atoms with Crippen LogP contribution >= 0.6 is 0 Å². The number of rotatable bonds is 6. The molecule has 2 aromatic rings. The van der Waals surface area contributed by atoms with Crippen molar-refractivity contribution in [2.75, 3.05) is 20.2 Å². The van der Waals surface area contributed by atoms with Gasteiger partial charge >= 0.3 is 5.97 Å². The molecule has 0 spiro atoms. The first kappa shape index (κ1) is 21.8. The Kier molecular flexibility index (Phi) is 7.41. The highest BCUT2D eigenvalue weighted by Crippen LogP contribution is 2.20. The van der Waals surface area contributed by atoms with Gasteiger partial charge in [-0.05, 0) is 36.6 Å². The second-order valence-corrected chi connectivity index (χ2v) is 7.95. The van der Waals surface area contributed by atoms with E-state index < -0.39 is 0 Å². The molecule has 0 radical (unpaired) electrons. The molecule has 1 heterocycles. The maximum Gasteiger partial charge on any atom is 0.330 e. The number of amides is 1. The van der Waals surface area contributed by atoms with Crippen molar-refractivity contribution in [3.05, 3.63) is 77.4 Å². The van der Waals surface area contributed by atoms with Crippen molar-refractivity contribution < 1.29 is 14.3 Å². The maximum absolute atomic E-state index is 12.9. The zero-order valence-corrected chi connectivity index (χ0v) is 18.0. The number of piperazine rings is 1. The summed E-state index contributed by atoms with van der Waals surface area (Å²) in [5, 5.41) is 0. The van der Waals surface area contributed by atoms with E-state index in [1.807, 2.05) is 47.4 Å². The molecule has 1 aliphatic rings. The van der Waals surface area contributed by atoms with Crippen LogP contribution in [0.2, 0.25) is 0 Å². The van der Waals surface area contributed by atoms with Crippen molar-refractivity contribution in [1.82, 2.24) is 9.80 Å². The van der Waals surface area contributed by atoms with Crippen LogP contribution in [-0.2, 0) is 27.3 Å². The van der Waals surface area contributed by atoms with E-state index in [9.17, 15) is 9.59 Å². The van der Waals surface area contributed by atoms with Gasteiger partial charge in [0.25, 0.3) is 0 Å². The van der Waals surface area contributed by atoms with Gasteiger partial charge in [0.05, 0.1) is 13.5 Å². The Hall–Kier alpha value is -2.92. The van der Waals surface area contributed by atoms with E-state index in [4.69, 9.17) is 0 Å². The molecule has 0 aromatic heterocycles. The predicted octanol–water partition coefficient (Wildman–Crippen LogP) is 3.54. The largest absolute Gasteiger partial charge is 0.466 e. The minimum atomic E-state index is -0.360. The van der Waals surface area contributed by atoms with Gasteiger partial charge < -0.3 is 9.64 Å². The van der Waals surface area contributed by atoms with Crippen LogP contribution < -0.4 is 0 Å². The summed E-state index contributed by atoms with van der Waals surface area (Å²) in [6.45, 7) is 6.82. The summed E-state index contributed by atoms with van der Waals surface area (Å²) in [5.74, 6) is -0.163. The molecule has 0 N–H and O–H groups in total. The molecule has 158 valence electrons. The molecule has 0 aliphatic carbocycles. The quantitative estimate of drug-likeness (QED) is 0.544. The molecule has 5 heteroatoms. The molecule has 1 aliphatic heterocycles. The zero-order valence-electron chi connectivity index (χ0n) is 18.0. The van der Waals surface area contributed by atoms with Gasteiger partial charge in [-0.1, -0.05) is 54.6 Å². The molecular weight excluding hydrogens is 376 g/mol. The van der Waals surface area contributed by atoms with Gasteiger partial charge in [-0.25, -0.2) is 4.79 Å². The third kappa shape index (κ3) is 5.80. The van der Waals surface area contributed by atoms with E-state index in [2.05, 4.69) is 35.6 Å². The summed E-state index contributed by atoms with van der Waals surface area (Å²) >= 11 is 0. The van der Waals surface area contributed by atoms with Gasteiger partial charge in [0, 0.05) is 37.8 Å². The van der Waals surface area contributed by atoms with Crippen molar-refractivity contribution in [2.45, 2.75) is 38.9 Å². The first-order chi connectivity index (χ1) is 14.5. The molecule has 5 nitrogen and oxygen atoms in total. The molecule has 2 atom stereocenters. The Labute approximate surface area is 178 Å². The Balaban J connectivity index is 1.57. The summed E-state index contributed by atoms with van der Waals surface area (Å²) < 4.78 is 4.61. The number of esters is 1. The molecule has 1 amide bonds. The fourth-order valence-corrected chi connectivity index (χ4v) is 4.14. The highest BCUT2D eigenvalue weighted by atomic mass is 16.5. The van der Waals surface area contributed by atoms with Crippen LogP contribution in [0.5, 0.6) is 0 Å². The molecule has 30 heavy (non-hydrogen) atoms. The van der Waals surface area contributed by atoms with Gasteiger partial charge in [-0.3, -0.25) is 9.69 Å². The molecule has 0 bridgehead atoms. The highest BCUT2D eigenvalue weighted by molar-refractivity contribution is 5.86. The summed E-state index contributed by atoms with van der Waals surface area (Å²) in [6.07, 6.45) is 3.62. The first-order valence-corrected chi connectivity index (χ1v) is 10.4. The Bertz CT molecular complexity index is 865. The van der Waals surface area contributed by atoms with Gasteiger partial charge in [-0.15, -0.1) is 0 Å². The topological polar surface area (TPSA) is 49.9 Å². The number of methoxy groups -OCH3 is 1. The van der Waals surface area contributed by atoms with E-state index in [0.717, 1.165) is 30.8 Å². The second-order valence-electron chi connectivity index (χ2n) is 7.95. The van der Waals surface area contributed by atoms with Crippen LogP contribution in [0.3, 0.4) is 0 Å². The third-order valence-electron chi connectivity index (χ3n) is 5.48. The number of benzene rings is 2. The minimum absolute atomic E-state index is 0.173. The molecule has 2 aromatic carbocycles. The van der Waals surface area contributed by atoms with Crippen LogP contribution in [0, 0.1) is 0 Å². The summed E-state index contributed by atoms with van der Waals surface area (Å²) in [5.41, 5.74) is 3.24. The standard InChI is InChI=1S/C25H30N2O3/c1-19-16-26(18-23-11-9-21(10-12-23)13-14-25(29)30-3)17-20(2)27(19)24(28)15-22-7-5-4-6-8-22/h4-14,19-20H,15-18H2,1-3H3/b14-13+/t19-,20+. The fraction of sp³-hybridized carbons (Fsp3) is 0.360. The Morgan fingerprint density at radius 2 is 1.60 bits per heavy atom. The lowest BCUT2D eigenvalue weighted by atomic mass is 10.0. The number of hydrogen-bond acceptors (Lipinski definition) is 4. The van der Waals surface area contributed by atoms with Gasteiger partial charge in [-0.2, -0.15) is 0 Å². The lowest BCUT2D eigenvalue weighted by Gasteiger charge is -2.44. The Morgan fingerprint density at radius 1 is 0.967 bits per heavy atom. The van der Waals surface area contributed by atoms with E-state index in [0.29, 0.717) is 6.42 Å². The molecule has 1 fully saturated rings. The van der Waals surface area contributed by atoms with E-state index in [1.54, 1.807) is 6.08 Å². The number of nitrogens with zero attached hydrogens (tertiary/aromatic N) is 2. The zero-order chi connectivity index (χ0) is 21.5. The summed E-state index contributed by atoms with van der Waals surface area (Å²) in [4.78, 5) is 28.5. The van der Waals surface area contributed by atoms with Crippen molar-refractivity contribution in [2.24, 2.45) is 0 Å². The number of carbonyl (C=O) groups is 2. The molecule has 0 unspecified atom stereocenters. The second kappa shape index (κ2) is 10.2. The normalized spacial score (nSPS) is 19.8. The smallest absolute Gasteiger partial charge is 0.330 e. The number of carbonyl (C=O) groups excluding carboxylic acids is 2. The van der Waals surface area contributed by atoms with Crippen molar-refractivity contribution in [1.29, 1.82) is 0 Å². The predicted molar refractivity (Wildman–Crippen MR) is 119 cm³/mol. The van der Waals surface area contributed by atoms with Crippen LogP contribution in [0.25, 0.3) is 6.08 Å². The van der Waals surface area contributed by atoms with Crippen LogP contribution in [0.4, 0.5) is 0 Å². The van der Waals surface area contributed by atoms with Crippen molar-refractivity contribution >= 4 is 18.0 Å². The lowest BCUT2D eigenvalue weighted by molar-refractivity contribution is -0.138. The lowest BCUT2D eigenvalue weighted by Crippen LogP contribution is -2.58. The minimum Gasteiger partial charge on any atom is -0.466 e. The average molecular weight is 407 g/mol. The molecule has 1 saturated heterocycles. The van der Waals surface area contributed by atoms with E-state index in [-0.39, 0.29) is 24.0 Å².